The normalized spacial score (nSPS) is 11.2. The molecule has 0 saturated heterocycles. The smallest absolute Gasteiger partial charge is 0.311 e. The quantitative estimate of drug-likeness (QED) is 0.820. The minimum atomic E-state index is -0.854. The predicted octanol–water partition coefficient (Wildman–Crippen LogP) is 2.37. The van der Waals surface area contributed by atoms with Crippen LogP contribution in [0, 0.1) is 5.41 Å². The Labute approximate surface area is 105 Å². The van der Waals surface area contributed by atoms with E-state index in [0.29, 0.717) is 17.7 Å². The summed E-state index contributed by atoms with van der Waals surface area (Å²) >= 11 is 1.35. The summed E-state index contributed by atoms with van der Waals surface area (Å²) in [6.07, 6.45) is 1.01. The molecule has 0 radical (unpaired) electrons. The van der Waals surface area contributed by atoms with E-state index in [4.69, 9.17) is 0 Å². The Kier molecular flexibility index (Phi) is 4.69. The van der Waals surface area contributed by atoms with Gasteiger partial charge in [-0.15, -0.1) is 11.3 Å². The molecule has 1 amide bonds. The van der Waals surface area contributed by atoms with E-state index in [0.717, 1.165) is 0 Å². The second-order valence-electron chi connectivity index (χ2n) is 3.95. The summed E-state index contributed by atoms with van der Waals surface area (Å²) in [7, 11) is 0. The van der Waals surface area contributed by atoms with Crippen LogP contribution in [0.25, 0.3) is 0 Å². The van der Waals surface area contributed by atoms with Crippen molar-refractivity contribution in [2.45, 2.75) is 26.7 Å². The van der Waals surface area contributed by atoms with E-state index < -0.39 is 11.4 Å². The molecule has 0 aliphatic heterocycles. The highest BCUT2D eigenvalue weighted by Crippen LogP contribution is 2.25. The van der Waals surface area contributed by atoms with Crippen molar-refractivity contribution in [3.05, 3.63) is 22.4 Å². The van der Waals surface area contributed by atoms with Crippen molar-refractivity contribution in [1.29, 1.82) is 0 Å². The van der Waals surface area contributed by atoms with Gasteiger partial charge >= 0.3 is 5.97 Å². The lowest BCUT2D eigenvalue weighted by Gasteiger charge is -2.26. The van der Waals surface area contributed by atoms with E-state index in [9.17, 15) is 14.7 Å². The van der Waals surface area contributed by atoms with Crippen molar-refractivity contribution in [2.75, 3.05) is 6.54 Å². The maximum Gasteiger partial charge on any atom is 0.311 e. The average Bonchev–Trinajstić information content (AvgIpc) is 2.84. The summed E-state index contributed by atoms with van der Waals surface area (Å²) in [5.41, 5.74) is -0.854. The molecule has 0 aromatic carbocycles. The van der Waals surface area contributed by atoms with E-state index in [-0.39, 0.29) is 12.5 Å². The second kappa shape index (κ2) is 5.82. The van der Waals surface area contributed by atoms with Crippen LogP contribution in [0.4, 0.5) is 0 Å². The Morgan fingerprint density at radius 2 is 2.06 bits per heavy atom. The predicted molar refractivity (Wildman–Crippen MR) is 67.3 cm³/mol. The summed E-state index contributed by atoms with van der Waals surface area (Å²) in [5, 5.41) is 13.7. The summed E-state index contributed by atoms with van der Waals surface area (Å²) < 4.78 is 0. The zero-order valence-electron chi connectivity index (χ0n) is 10.0. The number of thiophene rings is 1. The number of carbonyl (C=O) groups excluding carboxylic acids is 1. The Morgan fingerprint density at radius 1 is 1.41 bits per heavy atom. The van der Waals surface area contributed by atoms with Crippen LogP contribution < -0.4 is 5.32 Å². The third-order valence-electron chi connectivity index (χ3n) is 3.14. The fraction of sp³-hybridized carbons (Fsp3) is 0.500. The van der Waals surface area contributed by atoms with Gasteiger partial charge in [0.15, 0.2) is 0 Å². The van der Waals surface area contributed by atoms with E-state index in [1.807, 2.05) is 19.2 Å². The third-order valence-corrected chi connectivity index (χ3v) is 4.01. The summed E-state index contributed by atoms with van der Waals surface area (Å²) in [6.45, 7) is 3.83. The van der Waals surface area contributed by atoms with Crippen LogP contribution in [0.1, 0.15) is 36.4 Å². The van der Waals surface area contributed by atoms with Gasteiger partial charge in [-0.1, -0.05) is 19.9 Å². The zero-order valence-corrected chi connectivity index (χ0v) is 10.8. The highest BCUT2D eigenvalue weighted by molar-refractivity contribution is 7.12. The molecular weight excluding hydrogens is 238 g/mol. The Hall–Kier alpha value is -1.36. The molecule has 0 aliphatic carbocycles. The first-order chi connectivity index (χ1) is 8.05. The molecule has 5 heteroatoms. The Balaban J connectivity index is 2.65. The highest BCUT2D eigenvalue weighted by atomic mass is 32.1. The van der Waals surface area contributed by atoms with Crippen molar-refractivity contribution in [3.63, 3.8) is 0 Å². The van der Waals surface area contributed by atoms with Crippen LogP contribution in [0.3, 0.4) is 0 Å². The van der Waals surface area contributed by atoms with Gasteiger partial charge in [-0.25, -0.2) is 0 Å². The number of rotatable bonds is 6. The number of nitrogens with one attached hydrogen (secondary N) is 1. The van der Waals surface area contributed by atoms with E-state index in [2.05, 4.69) is 5.32 Å². The van der Waals surface area contributed by atoms with Gasteiger partial charge in [0.25, 0.3) is 5.91 Å². The second-order valence-corrected chi connectivity index (χ2v) is 4.90. The molecule has 0 bridgehead atoms. The first kappa shape index (κ1) is 13.7. The maximum absolute atomic E-state index is 11.7. The van der Waals surface area contributed by atoms with Crippen LogP contribution in [-0.2, 0) is 4.79 Å². The van der Waals surface area contributed by atoms with Crippen LogP contribution in [0.15, 0.2) is 17.5 Å². The molecule has 0 atom stereocenters. The molecular formula is C12H17NO3S. The molecule has 1 aromatic heterocycles. The lowest BCUT2D eigenvalue weighted by Crippen LogP contribution is -2.42. The van der Waals surface area contributed by atoms with Crippen molar-refractivity contribution in [3.8, 4) is 0 Å². The van der Waals surface area contributed by atoms with E-state index in [1.54, 1.807) is 12.1 Å². The third kappa shape index (κ3) is 3.06. The highest BCUT2D eigenvalue weighted by Gasteiger charge is 2.35. The van der Waals surface area contributed by atoms with Crippen molar-refractivity contribution >= 4 is 23.2 Å². The van der Waals surface area contributed by atoms with Gasteiger partial charge in [-0.3, -0.25) is 9.59 Å². The molecule has 0 unspecified atom stereocenters. The largest absolute Gasteiger partial charge is 0.481 e. The summed E-state index contributed by atoms with van der Waals surface area (Å²) in [4.78, 5) is 23.6. The number of aliphatic carboxylic acids is 1. The molecule has 2 N–H and O–H groups in total. The first-order valence-corrected chi connectivity index (χ1v) is 6.49. The lowest BCUT2D eigenvalue weighted by molar-refractivity contribution is -0.149. The van der Waals surface area contributed by atoms with Crippen LogP contribution in [0.5, 0.6) is 0 Å². The van der Waals surface area contributed by atoms with Gasteiger partial charge < -0.3 is 10.4 Å². The van der Waals surface area contributed by atoms with E-state index >= 15 is 0 Å². The van der Waals surface area contributed by atoms with Gasteiger partial charge in [0.2, 0.25) is 0 Å². The van der Waals surface area contributed by atoms with Crippen LogP contribution in [0.2, 0.25) is 0 Å². The van der Waals surface area contributed by atoms with Crippen LogP contribution in [-0.4, -0.2) is 23.5 Å². The molecule has 4 nitrogen and oxygen atoms in total. The number of hydrogen-bond acceptors (Lipinski definition) is 3. The van der Waals surface area contributed by atoms with Gasteiger partial charge in [-0.2, -0.15) is 0 Å². The minimum absolute atomic E-state index is 0.173. The number of carboxylic acid groups (broad SMARTS) is 1. The molecule has 0 aliphatic rings. The van der Waals surface area contributed by atoms with Crippen molar-refractivity contribution in [2.24, 2.45) is 5.41 Å². The van der Waals surface area contributed by atoms with Crippen LogP contribution >= 0.6 is 11.3 Å². The SMILES string of the molecule is CCC(CC)(CNC(=O)c1cccs1)C(=O)O. The fourth-order valence-corrected chi connectivity index (χ4v) is 2.26. The minimum Gasteiger partial charge on any atom is -0.481 e. The van der Waals surface area contributed by atoms with Gasteiger partial charge in [0, 0.05) is 6.54 Å². The molecule has 17 heavy (non-hydrogen) atoms. The molecule has 0 spiro atoms. The number of carbonyl (C=O) groups is 2. The average molecular weight is 255 g/mol. The first-order valence-electron chi connectivity index (χ1n) is 5.61. The van der Waals surface area contributed by atoms with Gasteiger partial charge in [0.1, 0.15) is 0 Å². The number of hydrogen-bond donors (Lipinski definition) is 2. The number of carboxylic acids is 1. The number of amides is 1. The summed E-state index contributed by atoms with van der Waals surface area (Å²) in [5.74, 6) is -1.05. The molecule has 1 heterocycles. The zero-order chi connectivity index (χ0) is 12.9. The van der Waals surface area contributed by atoms with Crippen molar-refractivity contribution < 1.29 is 14.7 Å². The van der Waals surface area contributed by atoms with Crippen molar-refractivity contribution in [1.82, 2.24) is 5.32 Å². The standard InChI is InChI=1S/C12H17NO3S/c1-3-12(4-2,11(15)16)8-13-10(14)9-6-5-7-17-9/h5-7H,3-4,8H2,1-2H3,(H,13,14)(H,15,16). The monoisotopic (exact) mass is 255 g/mol. The van der Waals surface area contributed by atoms with Gasteiger partial charge in [0.05, 0.1) is 10.3 Å². The summed E-state index contributed by atoms with van der Waals surface area (Å²) in [6, 6.07) is 3.52. The van der Waals surface area contributed by atoms with Gasteiger partial charge in [-0.05, 0) is 24.3 Å². The Bertz CT molecular complexity index is 382. The molecule has 0 fully saturated rings. The topological polar surface area (TPSA) is 66.4 Å². The molecule has 0 saturated carbocycles. The fourth-order valence-electron chi connectivity index (χ4n) is 1.62. The molecule has 94 valence electrons. The maximum atomic E-state index is 11.7. The van der Waals surface area contributed by atoms with E-state index in [1.165, 1.54) is 11.3 Å². The molecule has 1 rings (SSSR count). The lowest BCUT2D eigenvalue weighted by atomic mass is 9.82. The Morgan fingerprint density at radius 3 is 2.47 bits per heavy atom. The molecule has 1 aromatic rings.